The van der Waals surface area contributed by atoms with Crippen LogP contribution in [0.15, 0.2) is 30.3 Å². The number of nitrogens with one attached hydrogen (secondary N) is 1. The quantitative estimate of drug-likeness (QED) is 0.850. The molecule has 0 bridgehead atoms. The van der Waals surface area contributed by atoms with E-state index in [0.29, 0.717) is 5.75 Å². The van der Waals surface area contributed by atoms with Gasteiger partial charge in [0.15, 0.2) is 23.0 Å². The van der Waals surface area contributed by atoms with E-state index in [1.807, 2.05) is 24.3 Å². The molecule has 2 N–H and O–H groups in total. The Kier molecular flexibility index (Phi) is 4.23. The van der Waals surface area contributed by atoms with E-state index >= 15 is 0 Å². The molecule has 6 heteroatoms. The third-order valence-corrected chi connectivity index (χ3v) is 6.33. The largest absolute Gasteiger partial charge is 0.504 e. The molecule has 0 amide bonds. The predicted molar refractivity (Wildman–Crippen MR) is 103 cm³/mol. The zero-order valence-corrected chi connectivity index (χ0v) is 16.2. The molecule has 0 unspecified atom stereocenters. The molecule has 28 heavy (non-hydrogen) atoms. The van der Waals surface area contributed by atoms with Gasteiger partial charge in [0.2, 0.25) is 13.0 Å². The third-order valence-electron chi connectivity index (χ3n) is 6.33. The molecule has 5 rings (SSSR count). The lowest BCUT2D eigenvalue weighted by Gasteiger charge is -2.40. The molecule has 3 aliphatic rings. The van der Waals surface area contributed by atoms with Crippen molar-refractivity contribution in [3.8, 4) is 28.7 Å². The van der Waals surface area contributed by atoms with Gasteiger partial charge in [-0.3, -0.25) is 4.90 Å². The van der Waals surface area contributed by atoms with Gasteiger partial charge in [-0.25, -0.2) is 0 Å². The van der Waals surface area contributed by atoms with Gasteiger partial charge >= 0.3 is 0 Å². The van der Waals surface area contributed by atoms with E-state index in [4.69, 9.17) is 18.9 Å². The minimum absolute atomic E-state index is 0.0218. The number of ether oxygens (including phenoxy) is 4. The summed E-state index contributed by atoms with van der Waals surface area (Å²) >= 11 is 0. The van der Waals surface area contributed by atoms with Crippen molar-refractivity contribution >= 4 is 0 Å². The zero-order valence-electron chi connectivity index (χ0n) is 16.2. The second kappa shape index (κ2) is 6.78. The lowest BCUT2D eigenvalue weighted by Crippen LogP contribution is -3.16. The molecule has 3 atom stereocenters. The van der Waals surface area contributed by atoms with Gasteiger partial charge in [0, 0.05) is 36.0 Å². The average molecular weight is 384 g/mol. The Morgan fingerprint density at radius 2 is 1.79 bits per heavy atom. The van der Waals surface area contributed by atoms with E-state index in [1.54, 1.807) is 13.2 Å². The lowest BCUT2D eigenvalue weighted by molar-refractivity contribution is -0.937. The number of para-hydroxylation sites is 1. The van der Waals surface area contributed by atoms with Crippen LogP contribution in [0.25, 0.3) is 0 Å². The average Bonchev–Trinajstić information content (AvgIpc) is 3.38. The molecule has 2 aromatic rings. The Balaban J connectivity index is 1.65. The first-order valence-corrected chi connectivity index (χ1v) is 9.98. The number of phenolic OH excluding ortho intramolecular Hbond substituents is 1. The van der Waals surface area contributed by atoms with Crippen molar-refractivity contribution in [1.82, 2.24) is 0 Å². The fourth-order valence-corrected chi connectivity index (χ4v) is 4.96. The van der Waals surface area contributed by atoms with Crippen LogP contribution in [0.1, 0.15) is 36.8 Å². The Morgan fingerprint density at radius 1 is 1.04 bits per heavy atom. The number of fused-ring (bicyclic) bond motifs is 2. The Bertz CT molecular complexity index is 893. The summed E-state index contributed by atoms with van der Waals surface area (Å²) in [5.74, 6) is 3.11. The van der Waals surface area contributed by atoms with E-state index < -0.39 is 0 Å². The van der Waals surface area contributed by atoms with Crippen LogP contribution in [0.3, 0.4) is 0 Å². The van der Waals surface area contributed by atoms with Gasteiger partial charge in [0.1, 0.15) is 5.75 Å². The maximum absolute atomic E-state index is 10.9. The summed E-state index contributed by atoms with van der Waals surface area (Å²) in [6.07, 6.45) is 2.49. The van der Waals surface area contributed by atoms with Gasteiger partial charge in [0.25, 0.3) is 0 Å². The summed E-state index contributed by atoms with van der Waals surface area (Å²) in [6, 6.07) is 9.64. The van der Waals surface area contributed by atoms with Crippen molar-refractivity contribution in [3.63, 3.8) is 0 Å². The van der Waals surface area contributed by atoms with E-state index in [-0.39, 0.29) is 30.6 Å². The van der Waals surface area contributed by atoms with Gasteiger partial charge in [-0.15, -0.1) is 0 Å². The number of quaternary nitrogens is 1. The van der Waals surface area contributed by atoms with Crippen LogP contribution < -0.4 is 23.8 Å². The van der Waals surface area contributed by atoms with Gasteiger partial charge in [-0.2, -0.15) is 0 Å². The molecule has 0 aliphatic carbocycles. The van der Waals surface area contributed by atoms with Crippen LogP contribution in [0, 0.1) is 5.92 Å². The first kappa shape index (κ1) is 17.5. The molecule has 0 aromatic heterocycles. The minimum Gasteiger partial charge on any atom is -0.504 e. The maximum Gasteiger partial charge on any atom is 0.235 e. The molecule has 6 nitrogen and oxygen atoms in total. The van der Waals surface area contributed by atoms with Crippen LogP contribution >= 0.6 is 0 Å². The number of likely N-dealkylation sites (tertiary alicyclic amines) is 1. The van der Waals surface area contributed by atoms with Crippen molar-refractivity contribution < 1.29 is 29.0 Å². The molecule has 1 saturated heterocycles. The fourth-order valence-electron chi connectivity index (χ4n) is 4.96. The number of hydrogen-bond donors (Lipinski definition) is 2. The summed E-state index contributed by atoms with van der Waals surface area (Å²) in [7, 11) is 1.58. The van der Waals surface area contributed by atoms with Crippen molar-refractivity contribution in [2.24, 2.45) is 5.92 Å². The number of rotatable bonds is 3. The van der Waals surface area contributed by atoms with E-state index in [9.17, 15) is 5.11 Å². The van der Waals surface area contributed by atoms with Crippen LogP contribution in [-0.2, 0) is 0 Å². The van der Waals surface area contributed by atoms with Crippen molar-refractivity contribution in [3.05, 3.63) is 41.5 Å². The van der Waals surface area contributed by atoms with Gasteiger partial charge in [-0.05, 0) is 12.1 Å². The van der Waals surface area contributed by atoms with Crippen LogP contribution in [0.5, 0.6) is 28.7 Å². The number of hydrogen-bond acceptors (Lipinski definition) is 5. The summed E-state index contributed by atoms with van der Waals surface area (Å²) in [4.78, 5) is 1.48. The van der Waals surface area contributed by atoms with Crippen LogP contribution in [-0.4, -0.2) is 38.3 Å². The Morgan fingerprint density at radius 3 is 2.54 bits per heavy atom. The second-order valence-electron chi connectivity index (χ2n) is 7.88. The molecule has 3 aliphatic heterocycles. The predicted octanol–water partition coefficient (Wildman–Crippen LogP) is 2.29. The van der Waals surface area contributed by atoms with Crippen LogP contribution in [0.2, 0.25) is 0 Å². The van der Waals surface area contributed by atoms with Crippen molar-refractivity contribution in [1.29, 1.82) is 0 Å². The monoisotopic (exact) mass is 384 g/mol. The zero-order chi connectivity index (χ0) is 19.3. The lowest BCUT2D eigenvalue weighted by atomic mass is 9.77. The highest BCUT2D eigenvalue weighted by Gasteiger charge is 2.44. The summed E-state index contributed by atoms with van der Waals surface area (Å²) < 4.78 is 23.1. The molecular weight excluding hydrogens is 358 g/mol. The van der Waals surface area contributed by atoms with E-state index in [1.165, 1.54) is 17.7 Å². The molecule has 148 valence electrons. The van der Waals surface area contributed by atoms with Gasteiger partial charge in [-0.1, -0.05) is 19.1 Å². The summed E-state index contributed by atoms with van der Waals surface area (Å²) in [5, 5.41) is 10.9. The Hall–Kier alpha value is -2.60. The highest BCUT2D eigenvalue weighted by Crippen LogP contribution is 2.51. The number of aromatic hydroxyl groups is 1. The molecule has 1 fully saturated rings. The standard InChI is InChI=1S/C22H25NO5/c1-13-20(14-6-5-7-16(25-2)21(14)24)15-10-18-19(27-12-26-18)11-17(15)28-22(13)23-8-3-4-9-23/h5-7,10-11,13,20,22,24H,3-4,8-9,12H2,1-2H3/p+1/t13-,20-,22-/m0/s1. The van der Waals surface area contributed by atoms with Crippen molar-refractivity contribution in [2.75, 3.05) is 27.0 Å². The highest BCUT2D eigenvalue weighted by molar-refractivity contribution is 5.58. The molecule has 0 radical (unpaired) electrons. The second-order valence-corrected chi connectivity index (χ2v) is 7.88. The van der Waals surface area contributed by atoms with Gasteiger partial charge < -0.3 is 24.1 Å². The molecule has 2 aromatic carbocycles. The number of benzene rings is 2. The topological polar surface area (TPSA) is 61.6 Å². The van der Waals surface area contributed by atoms with Crippen molar-refractivity contribution in [2.45, 2.75) is 31.9 Å². The summed E-state index contributed by atoms with van der Waals surface area (Å²) in [6.45, 7) is 4.67. The first-order valence-electron chi connectivity index (χ1n) is 9.98. The maximum atomic E-state index is 10.9. The number of methoxy groups -OCH3 is 1. The molecule has 3 heterocycles. The SMILES string of the molecule is COc1cccc([C@H]2c3cc4c(cc3O[C@H]([NH+]3CCCC3)[C@H]2C)OCO4)c1O. The first-order chi connectivity index (χ1) is 13.7. The third kappa shape index (κ3) is 2.66. The smallest absolute Gasteiger partial charge is 0.235 e. The number of phenols is 1. The molecule has 0 saturated carbocycles. The van der Waals surface area contributed by atoms with Crippen LogP contribution in [0.4, 0.5) is 0 Å². The fraction of sp³-hybridized carbons (Fsp3) is 0.455. The minimum atomic E-state index is -0.0218. The van der Waals surface area contributed by atoms with E-state index in [0.717, 1.165) is 41.5 Å². The molecular formula is C22H26NO5+. The highest BCUT2D eigenvalue weighted by atomic mass is 16.7. The molecule has 0 spiro atoms. The summed E-state index contributed by atoms with van der Waals surface area (Å²) in [5.41, 5.74) is 1.88. The normalized spacial score (nSPS) is 26.0. The van der Waals surface area contributed by atoms with Gasteiger partial charge in [0.05, 0.1) is 26.1 Å². The Labute approximate surface area is 164 Å². The van der Waals surface area contributed by atoms with E-state index in [2.05, 4.69) is 6.92 Å².